The second-order valence-corrected chi connectivity index (χ2v) is 8.54. The number of aliphatic hydroxyl groups excluding tert-OH is 1. The van der Waals surface area contributed by atoms with Crippen molar-refractivity contribution in [2.75, 3.05) is 86.8 Å². The van der Waals surface area contributed by atoms with Crippen LogP contribution in [0.5, 0.6) is 0 Å². The standard InChI is InChI=1S/C24H37N9O3/c1-4-27-24-28-15-21-22(29-24)31(3)8-9-32(23(21)35)19-6-5-7-20(14-19)33(26)17-18(25)16-30(2)10-12-36-13-11-34/h5-7,14-15,17,34H,4,8-13,16,25-26H2,1-3H3,(H,27,28,29)/b18-17-. The van der Waals surface area contributed by atoms with E-state index in [1.807, 2.05) is 55.1 Å². The van der Waals surface area contributed by atoms with Crippen molar-refractivity contribution < 1.29 is 14.6 Å². The lowest BCUT2D eigenvalue weighted by Gasteiger charge is -2.23. The zero-order valence-corrected chi connectivity index (χ0v) is 21.2. The quantitative estimate of drug-likeness (QED) is 0.183. The number of aromatic nitrogens is 2. The molecular formula is C24H37N9O3. The number of hydrogen-bond donors (Lipinski definition) is 4. The number of likely N-dealkylation sites (N-methyl/N-ethyl adjacent to an activating group) is 2. The Morgan fingerprint density at radius 3 is 2.89 bits per heavy atom. The van der Waals surface area contributed by atoms with E-state index in [1.54, 1.807) is 17.3 Å². The highest BCUT2D eigenvalue weighted by atomic mass is 16.5. The molecule has 0 bridgehead atoms. The van der Waals surface area contributed by atoms with Gasteiger partial charge in [0, 0.05) is 63.6 Å². The maximum absolute atomic E-state index is 13.5. The number of nitrogens with zero attached hydrogens (tertiary/aromatic N) is 6. The molecule has 1 amide bonds. The topological polar surface area (TPSA) is 149 Å². The molecular weight excluding hydrogens is 462 g/mol. The van der Waals surface area contributed by atoms with Gasteiger partial charge in [-0.3, -0.25) is 14.7 Å². The van der Waals surface area contributed by atoms with Crippen molar-refractivity contribution in [1.82, 2.24) is 14.9 Å². The van der Waals surface area contributed by atoms with Gasteiger partial charge in [-0.15, -0.1) is 0 Å². The molecule has 12 heteroatoms. The number of fused-ring (bicyclic) bond motifs is 1. The van der Waals surface area contributed by atoms with Crippen molar-refractivity contribution in [1.29, 1.82) is 0 Å². The van der Waals surface area contributed by atoms with Crippen LogP contribution in [0.4, 0.5) is 23.1 Å². The minimum Gasteiger partial charge on any atom is -0.400 e. The van der Waals surface area contributed by atoms with Gasteiger partial charge in [-0.1, -0.05) is 6.07 Å². The average Bonchev–Trinajstić information content (AvgIpc) is 2.98. The zero-order valence-electron chi connectivity index (χ0n) is 21.2. The summed E-state index contributed by atoms with van der Waals surface area (Å²) in [5.74, 6) is 7.22. The summed E-state index contributed by atoms with van der Waals surface area (Å²) < 4.78 is 5.29. The van der Waals surface area contributed by atoms with Crippen molar-refractivity contribution in [3.05, 3.63) is 47.9 Å². The number of rotatable bonds is 12. The summed E-state index contributed by atoms with van der Waals surface area (Å²) in [7, 11) is 3.84. The highest BCUT2D eigenvalue weighted by Crippen LogP contribution is 2.28. The first-order chi connectivity index (χ1) is 17.3. The molecule has 2 heterocycles. The van der Waals surface area contributed by atoms with Crippen LogP contribution in [0.2, 0.25) is 0 Å². The van der Waals surface area contributed by atoms with Gasteiger partial charge < -0.3 is 30.7 Å². The Labute approximate surface area is 212 Å². The summed E-state index contributed by atoms with van der Waals surface area (Å²) in [6, 6.07) is 7.44. The molecule has 196 valence electrons. The van der Waals surface area contributed by atoms with Gasteiger partial charge in [-0.2, -0.15) is 4.98 Å². The maximum atomic E-state index is 13.5. The molecule has 1 aliphatic heterocycles. The third kappa shape index (κ3) is 7.04. The zero-order chi connectivity index (χ0) is 26.1. The van der Waals surface area contributed by atoms with Crippen LogP contribution in [0, 0.1) is 0 Å². The number of hydrogen-bond acceptors (Lipinski definition) is 11. The molecule has 0 atom stereocenters. The molecule has 1 aromatic heterocycles. The van der Waals surface area contributed by atoms with E-state index in [0.29, 0.717) is 74.7 Å². The predicted octanol–water partition coefficient (Wildman–Crippen LogP) is 0.426. The Hall–Kier alpha value is -3.45. The van der Waals surface area contributed by atoms with E-state index in [4.69, 9.17) is 21.4 Å². The highest BCUT2D eigenvalue weighted by Gasteiger charge is 2.28. The molecule has 1 aromatic carbocycles. The summed E-state index contributed by atoms with van der Waals surface area (Å²) in [4.78, 5) is 28.0. The van der Waals surface area contributed by atoms with Crippen LogP contribution in [0.3, 0.4) is 0 Å². The summed E-state index contributed by atoms with van der Waals surface area (Å²) in [5, 5.41) is 13.3. The Bertz CT molecular complexity index is 1050. The number of amides is 1. The fourth-order valence-corrected chi connectivity index (χ4v) is 3.80. The summed E-state index contributed by atoms with van der Waals surface area (Å²) >= 11 is 0. The molecule has 0 fully saturated rings. The molecule has 3 rings (SSSR count). The first-order valence-electron chi connectivity index (χ1n) is 11.9. The molecule has 0 spiro atoms. The van der Waals surface area contributed by atoms with Gasteiger partial charge in [0.1, 0.15) is 11.4 Å². The monoisotopic (exact) mass is 499 g/mol. The fourth-order valence-electron chi connectivity index (χ4n) is 3.80. The molecule has 0 saturated carbocycles. The molecule has 36 heavy (non-hydrogen) atoms. The molecule has 6 N–H and O–H groups in total. The summed E-state index contributed by atoms with van der Waals surface area (Å²) in [5.41, 5.74) is 8.62. The number of nitrogens with one attached hydrogen (secondary N) is 1. The van der Waals surface area contributed by atoms with Crippen LogP contribution in [-0.2, 0) is 4.74 Å². The van der Waals surface area contributed by atoms with Gasteiger partial charge in [0.05, 0.1) is 25.5 Å². The van der Waals surface area contributed by atoms with Crippen LogP contribution in [0.1, 0.15) is 17.3 Å². The molecule has 1 aliphatic rings. The van der Waals surface area contributed by atoms with Gasteiger partial charge in [-0.25, -0.2) is 10.8 Å². The summed E-state index contributed by atoms with van der Waals surface area (Å²) in [6.07, 6.45) is 3.24. The van der Waals surface area contributed by atoms with Crippen LogP contribution in [0.25, 0.3) is 0 Å². The average molecular weight is 500 g/mol. The van der Waals surface area contributed by atoms with Crippen molar-refractivity contribution in [2.24, 2.45) is 11.6 Å². The van der Waals surface area contributed by atoms with Crippen LogP contribution < -0.4 is 31.7 Å². The summed E-state index contributed by atoms with van der Waals surface area (Å²) in [6.45, 7) is 5.75. The van der Waals surface area contributed by atoms with Crippen molar-refractivity contribution >= 4 is 29.0 Å². The number of ether oxygens (including phenoxy) is 1. The van der Waals surface area contributed by atoms with Gasteiger partial charge in [0.2, 0.25) is 5.95 Å². The molecule has 0 aliphatic carbocycles. The largest absolute Gasteiger partial charge is 0.400 e. The number of nitrogens with two attached hydrogens (primary N) is 2. The lowest BCUT2D eigenvalue weighted by Crippen LogP contribution is -2.34. The minimum atomic E-state index is -0.168. The number of aliphatic hydroxyl groups is 1. The van der Waals surface area contributed by atoms with Crippen LogP contribution >= 0.6 is 0 Å². The SMILES string of the molecule is CCNc1ncc2c(n1)N(C)CCN(c1cccc(N(N)/C=C(\N)CN(C)CCOCCO)c1)C2=O. The number of benzene rings is 1. The first-order valence-corrected chi connectivity index (χ1v) is 11.9. The Kier molecular flexibility index (Phi) is 9.82. The van der Waals surface area contributed by atoms with E-state index in [1.165, 1.54) is 5.01 Å². The molecule has 0 saturated heterocycles. The second-order valence-electron chi connectivity index (χ2n) is 8.54. The molecule has 0 radical (unpaired) electrons. The first kappa shape index (κ1) is 27.1. The molecule has 12 nitrogen and oxygen atoms in total. The fraction of sp³-hybridized carbons (Fsp3) is 0.458. The Balaban J connectivity index is 1.73. The third-order valence-electron chi connectivity index (χ3n) is 5.65. The molecule has 2 aromatic rings. The van der Waals surface area contributed by atoms with Crippen LogP contribution in [-0.4, -0.2) is 92.5 Å². The van der Waals surface area contributed by atoms with Gasteiger partial charge in [-0.05, 0) is 32.2 Å². The number of anilines is 4. The smallest absolute Gasteiger partial charge is 0.263 e. The number of carbonyl (C=O) groups excluding carboxylic acids is 1. The minimum absolute atomic E-state index is 0.00430. The van der Waals surface area contributed by atoms with E-state index >= 15 is 0 Å². The van der Waals surface area contributed by atoms with Gasteiger partial charge >= 0.3 is 0 Å². The lowest BCUT2D eigenvalue weighted by molar-refractivity contribution is 0.0798. The lowest BCUT2D eigenvalue weighted by atomic mass is 10.2. The maximum Gasteiger partial charge on any atom is 0.263 e. The molecule has 0 unspecified atom stereocenters. The van der Waals surface area contributed by atoms with E-state index < -0.39 is 0 Å². The van der Waals surface area contributed by atoms with Crippen molar-refractivity contribution in [3.8, 4) is 0 Å². The van der Waals surface area contributed by atoms with Gasteiger partial charge in [0.15, 0.2) is 0 Å². The number of hydrazine groups is 1. The van der Waals surface area contributed by atoms with Gasteiger partial charge in [0.25, 0.3) is 5.91 Å². The van der Waals surface area contributed by atoms with Crippen LogP contribution in [0.15, 0.2) is 42.4 Å². The van der Waals surface area contributed by atoms with Crippen molar-refractivity contribution in [2.45, 2.75) is 6.92 Å². The normalized spacial score (nSPS) is 14.2. The third-order valence-corrected chi connectivity index (χ3v) is 5.65. The van der Waals surface area contributed by atoms with E-state index in [-0.39, 0.29) is 12.5 Å². The van der Waals surface area contributed by atoms with Crippen molar-refractivity contribution in [3.63, 3.8) is 0 Å². The highest BCUT2D eigenvalue weighted by molar-refractivity contribution is 6.09. The number of carbonyl (C=O) groups is 1. The predicted molar refractivity (Wildman–Crippen MR) is 142 cm³/mol. The Morgan fingerprint density at radius 2 is 2.14 bits per heavy atom. The van der Waals surface area contributed by atoms with E-state index in [9.17, 15) is 4.79 Å². The second kappa shape index (κ2) is 13.0. The van der Waals surface area contributed by atoms with E-state index in [0.717, 1.165) is 5.69 Å². The van der Waals surface area contributed by atoms with E-state index in [2.05, 4.69) is 15.3 Å². The Morgan fingerprint density at radius 1 is 1.33 bits per heavy atom.